The number of anilines is 2. The largest absolute Gasteiger partial charge is 0.369 e. The highest BCUT2D eigenvalue weighted by Gasteiger charge is 2.19. The van der Waals surface area contributed by atoms with Crippen LogP contribution in [0.1, 0.15) is 20.3 Å². The number of piperazine rings is 1. The van der Waals surface area contributed by atoms with Crippen LogP contribution in [0.4, 0.5) is 11.4 Å². The average Bonchev–Trinajstić information content (AvgIpc) is 2.55. The summed E-state index contributed by atoms with van der Waals surface area (Å²) in [5.41, 5.74) is 7.97. The van der Waals surface area contributed by atoms with E-state index in [1.165, 1.54) is 5.69 Å². The van der Waals surface area contributed by atoms with Crippen LogP contribution < -0.4 is 16.0 Å². The van der Waals surface area contributed by atoms with E-state index >= 15 is 0 Å². The first-order valence-corrected chi connectivity index (χ1v) is 8.11. The van der Waals surface area contributed by atoms with Crippen LogP contribution in [0.15, 0.2) is 24.3 Å². The Morgan fingerprint density at radius 3 is 2.36 bits per heavy atom. The predicted octanol–water partition coefficient (Wildman–Crippen LogP) is 1.75. The van der Waals surface area contributed by atoms with Crippen molar-refractivity contribution in [2.45, 2.75) is 26.3 Å². The molecule has 1 saturated heterocycles. The maximum atomic E-state index is 12.1. The SMILES string of the molecule is CCC(C)[C@H](N)C(=O)Nc1ccc(N2CCN(C)CC2)cc1. The van der Waals surface area contributed by atoms with Gasteiger partial charge in [0.15, 0.2) is 0 Å². The van der Waals surface area contributed by atoms with E-state index in [-0.39, 0.29) is 11.8 Å². The van der Waals surface area contributed by atoms with Gasteiger partial charge in [0.2, 0.25) is 5.91 Å². The molecular formula is C17H28N4O. The molecule has 0 aliphatic carbocycles. The molecule has 0 radical (unpaired) electrons. The minimum atomic E-state index is -0.456. The van der Waals surface area contributed by atoms with Gasteiger partial charge >= 0.3 is 0 Å². The molecule has 2 atom stereocenters. The number of carbonyl (C=O) groups is 1. The fourth-order valence-electron chi connectivity index (χ4n) is 2.56. The van der Waals surface area contributed by atoms with Gasteiger partial charge in [0, 0.05) is 37.6 Å². The molecule has 0 aromatic heterocycles. The molecule has 2 rings (SSSR count). The molecule has 0 bridgehead atoms. The summed E-state index contributed by atoms with van der Waals surface area (Å²) in [6, 6.07) is 7.58. The van der Waals surface area contributed by atoms with E-state index in [4.69, 9.17) is 5.73 Å². The summed E-state index contributed by atoms with van der Waals surface area (Å²) in [5, 5.41) is 2.90. The van der Waals surface area contributed by atoms with E-state index in [9.17, 15) is 4.79 Å². The number of benzene rings is 1. The lowest BCUT2D eigenvalue weighted by Crippen LogP contribution is -2.44. The second-order valence-electron chi connectivity index (χ2n) is 6.24. The standard InChI is InChI=1S/C17H28N4O/c1-4-13(2)16(18)17(22)19-14-5-7-15(8-6-14)21-11-9-20(3)10-12-21/h5-8,13,16H,4,9-12,18H2,1-3H3,(H,19,22)/t13?,16-/m0/s1. The Hall–Kier alpha value is -1.59. The van der Waals surface area contributed by atoms with Crippen LogP contribution in [0.25, 0.3) is 0 Å². The number of hydrogen-bond donors (Lipinski definition) is 2. The highest BCUT2D eigenvalue weighted by molar-refractivity contribution is 5.95. The minimum Gasteiger partial charge on any atom is -0.369 e. The van der Waals surface area contributed by atoms with Crippen LogP contribution in [-0.2, 0) is 4.79 Å². The van der Waals surface area contributed by atoms with Crippen LogP contribution in [0.3, 0.4) is 0 Å². The second-order valence-corrected chi connectivity index (χ2v) is 6.24. The molecule has 22 heavy (non-hydrogen) atoms. The second kappa shape index (κ2) is 7.61. The van der Waals surface area contributed by atoms with E-state index in [0.717, 1.165) is 38.3 Å². The van der Waals surface area contributed by atoms with Crippen molar-refractivity contribution in [2.24, 2.45) is 11.7 Å². The topological polar surface area (TPSA) is 61.6 Å². The predicted molar refractivity (Wildman–Crippen MR) is 92.2 cm³/mol. The number of carbonyl (C=O) groups excluding carboxylic acids is 1. The van der Waals surface area contributed by atoms with Gasteiger partial charge < -0.3 is 20.9 Å². The first kappa shape index (κ1) is 16.8. The summed E-state index contributed by atoms with van der Waals surface area (Å²) in [4.78, 5) is 16.8. The third-order valence-corrected chi connectivity index (χ3v) is 4.56. The van der Waals surface area contributed by atoms with Crippen LogP contribution >= 0.6 is 0 Å². The molecule has 1 heterocycles. The van der Waals surface area contributed by atoms with Crippen LogP contribution in [0.2, 0.25) is 0 Å². The molecule has 0 saturated carbocycles. The third kappa shape index (κ3) is 4.21. The van der Waals surface area contributed by atoms with Crippen LogP contribution in [0.5, 0.6) is 0 Å². The molecule has 5 nitrogen and oxygen atoms in total. The minimum absolute atomic E-state index is 0.110. The Kier molecular flexibility index (Phi) is 5.80. The molecule has 1 fully saturated rings. The summed E-state index contributed by atoms with van der Waals surface area (Å²) in [6.45, 7) is 8.30. The molecule has 122 valence electrons. The van der Waals surface area contributed by atoms with Gasteiger partial charge in [-0.2, -0.15) is 0 Å². The Balaban J connectivity index is 1.93. The fraction of sp³-hybridized carbons (Fsp3) is 0.588. The summed E-state index contributed by atoms with van der Waals surface area (Å²) in [7, 11) is 2.15. The Labute approximate surface area is 133 Å². The lowest BCUT2D eigenvalue weighted by Gasteiger charge is -2.34. The number of nitrogens with two attached hydrogens (primary N) is 1. The smallest absolute Gasteiger partial charge is 0.241 e. The lowest BCUT2D eigenvalue weighted by atomic mass is 9.99. The number of nitrogens with one attached hydrogen (secondary N) is 1. The van der Waals surface area contributed by atoms with Crippen molar-refractivity contribution in [3.8, 4) is 0 Å². The molecule has 1 unspecified atom stereocenters. The molecule has 1 aromatic carbocycles. The Morgan fingerprint density at radius 2 is 1.82 bits per heavy atom. The van der Waals surface area contributed by atoms with E-state index < -0.39 is 6.04 Å². The molecule has 5 heteroatoms. The van der Waals surface area contributed by atoms with Crippen molar-refractivity contribution in [3.05, 3.63) is 24.3 Å². The van der Waals surface area contributed by atoms with Crippen LogP contribution in [-0.4, -0.2) is 50.1 Å². The normalized spacial score (nSPS) is 18.8. The third-order valence-electron chi connectivity index (χ3n) is 4.56. The molecule has 1 aliphatic heterocycles. The van der Waals surface area contributed by atoms with Gasteiger partial charge in [0.25, 0.3) is 0 Å². The number of nitrogens with zero attached hydrogens (tertiary/aromatic N) is 2. The van der Waals surface area contributed by atoms with Crippen molar-refractivity contribution in [2.75, 3.05) is 43.4 Å². The van der Waals surface area contributed by atoms with Gasteiger partial charge in [-0.3, -0.25) is 4.79 Å². The van der Waals surface area contributed by atoms with E-state index in [1.807, 2.05) is 26.0 Å². The monoisotopic (exact) mass is 304 g/mol. The molecule has 1 aliphatic rings. The molecule has 1 aromatic rings. The van der Waals surface area contributed by atoms with E-state index in [2.05, 4.69) is 34.3 Å². The summed E-state index contributed by atoms with van der Waals surface area (Å²) >= 11 is 0. The van der Waals surface area contributed by atoms with Gasteiger partial charge in [-0.15, -0.1) is 0 Å². The van der Waals surface area contributed by atoms with Gasteiger partial charge in [-0.05, 0) is 37.2 Å². The zero-order valence-electron chi connectivity index (χ0n) is 13.9. The van der Waals surface area contributed by atoms with Crippen molar-refractivity contribution in [3.63, 3.8) is 0 Å². The maximum Gasteiger partial charge on any atom is 0.241 e. The Bertz CT molecular complexity index is 480. The Morgan fingerprint density at radius 1 is 1.23 bits per heavy atom. The van der Waals surface area contributed by atoms with Gasteiger partial charge in [-0.25, -0.2) is 0 Å². The quantitative estimate of drug-likeness (QED) is 0.870. The van der Waals surface area contributed by atoms with Crippen molar-refractivity contribution in [1.29, 1.82) is 0 Å². The van der Waals surface area contributed by atoms with E-state index in [0.29, 0.717) is 0 Å². The van der Waals surface area contributed by atoms with Crippen molar-refractivity contribution < 1.29 is 4.79 Å². The van der Waals surface area contributed by atoms with E-state index in [1.54, 1.807) is 0 Å². The molecular weight excluding hydrogens is 276 g/mol. The number of hydrogen-bond acceptors (Lipinski definition) is 4. The maximum absolute atomic E-state index is 12.1. The first-order chi connectivity index (χ1) is 10.5. The summed E-state index contributed by atoms with van der Waals surface area (Å²) in [6.07, 6.45) is 0.900. The summed E-state index contributed by atoms with van der Waals surface area (Å²) in [5.74, 6) is 0.0753. The zero-order valence-corrected chi connectivity index (χ0v) is 13.9. The van der Waals surface area contributed by atoms with Gasteiger partial charge in [0.1, 0.15) is 0 Å². The lowest BCUT2D eigenvalue weighted by molar-refractivity contribution is -0.118. The van der Waals surface area contributed by atoms with Crippen molar-refractivity contribution >= 4 is 17.3 Å². The van der Waals surface area contributed by atoms with Crippen molar-refractivity contribution in [1.82, 2.24) is 4.90 Å². The summed E-state index contributed by atoms with van der Waals surface area (Å²) < 4.78 is 0. The average molecular weight is 304 g/mol. The molecule has 0 spiro atoms. The molecule has 1 amide bonds. The van der Waals surface area contributed by atoms with Gasteiger partial charge in [0.05, 0.1) is 6.04 Å². The fourth-order valence-corrected chi connectivity index (χ4v) is 2.56. The first-order valence-electron chi connectivity index (χ1n) is 8.11. The zero-order chi connectivity index (χ0) is 16.1. The van der Waals surface area contributed by atoms with Gasteiger partial charge in [-0.1, -0.05) is 20.3 Å². The highest BCUT2D eigenvalue weighted by atomic mass is 16.2. The number of rotatable bonds is 5. The number of likely N-dealkylation sites (N-methyl/N-ethyl adjacent to an activating group) is 1. The molecule has 3 N–H and O–H groups in total. The number of amides is 1. The van der Waals surface area contributed by atoms with Crippen LogP contribution in [0, 0.1) is 5.92 Å². The highest BCUT2D eigenvalue weighted by Crippen LogP contribution is 2.19.